The molecule has 1 amide bonds. The number of hydrogen-bond donors (Lipinski definition) is 2. The molecule has 2 aliphatic rings. The Morgan fingerprint density at radius 2 is 2.12 bits per heavy atom. The number of carbonyl (C=O) groups excluding carboxylic acids is 1. The third-order valence-electron chi connectivity index (χ3n) is 5.63. The fourth-order valence-electron chi connectivity index (χ4n) is 4.09. The van der Waals surface area contributed by atoms with E-state index in [0.29, 0.717) is 11.8 Å². The summed E-state index contributed by atoms with van der Waals surface area (Å²) >= 11 is 0. The van der Waals surface area contributed by atoms with E-state index in [4.69, 9.17) is 4.74 Å². The second-order valence-corrected chi connectivity index (χ2v) is 7.31. The molecule has 0 aromatic heterocycles. The molecule has 5 heteroatoms. The number of rotatable bonds is 6. The highest BCUT2D eigenvalue weighted by atomic mass is 16.5. The standard InChI is InChI=1S/C20H30N2O3/c1-25-18-9-5-6-15(12-18)19(23)13-21-20(24)16-10-11-22(14-16)17-7-3-2-4-8-17/h5-6,9,12,16-17,19,23H,2-4,7-8,10-11,13-14H2,1H3,(H,21,24)/t16-,19-/m0/s1. The van der Waals surface area contributed by atoms with E-state index in [9.17, 15) is 9.90 Å². The summed E-state index contributed by atoms with van der Waals surface area (Å²) in [5.74, 6) is 0.835. The van der Waals surface area contributed by atoms with Crippen molar-refractivity contribution < 1.29 is 14.6 Å². The second kappa shape index (κ2) is 8.68. The Balaban J connectivity index is 1.46. The fourth-order valence-corrected chi connectivity index (χ4v) is 4.09. The van der Waals surface area contributed by atoms with Crippen LogP contribution in [0.15, 0.2) is 24.3 Å². The van der Waals surface area contributed by atoms with Gasteiger partial charge in [0, 0.05) is 19.1 Å². The minimum absolute atomic E-state index is 0.0550. The number of methoxy groups -OCH3 is 1. The van der Waals surface area contributed by atoms with Gasteiger partial charge in [-0.25, -0.2) is 0 Å². The summed E-state index contributed by atoms with van der Waals surface area (Å²) in [6.07, 6.45) is 6.78. The lowest BCUT2D eigenvalue weighted by Gasteiger charge is -2.30. The van der Waals surface area contributed by atoms with Gasteiger partial charge in [0.05, 0.1) is 19.1 Å². The number of likely N-dealkylation sites (tertiary alicyclic amines) is 1. The summed E-state index contributed by atoms with van der Waals surface area (Å²) in [4.78, 5) is 15.0. The molecule has 1 aliphatic heterocycles. The number of benzene rings is 1. The van der Waals surface area contributed by atoms with E-state index in [1.807, 2.05) is 18.2 Å². The number of ether oxygens (including phenoxy) is 1. The Morgan fingerprint density at radius 1 is 1.32 bits per heavy atom. The van der Waals surface area contributed by atoms with Gasteiger partial charge in [-0.2, -0.15) is 0 Å². The molecule has 1 saturated heterocycles. The van der Waals surface area contributed by atoms with Crippen LogP contribution in [0.1, 0.15) is 50.2 Å². The molecule has 1 saturated carbocycles. The largest absolute Gasteiger partial charge is 0.497 e. The van der Waals surface area contributed by atoms with Crippen molar-refractivity contribution in [3.63, 3.8) is 0 Å². The molecular weight excluding hydrogens is 316 g/mol. The molecule has 2 fully saturated rings. The van der Waals surface area contributed by atoms with Gasteiger partial charge in [0.15, 0.2) is 0 Å². The maximum Gasteiger partial charge on any atom is 0.224 e. The van der Waals surface area contributed by atoms with Gasteiger partial charge < -0.3 is 15.2 Å². The molecule has 2 atom stereocenters. The normalized spacial score (nSPS) is 23.4. The molecule has 0 bridgehead atoms. The van der Waals surface area contributed by atoms with Crippen LogP contribution in [0.3, 0.4) is 0 Å². The second-order valence-electron chi connectivity index (χ2n) is 7.31. The summed E-state index contributed by atoms with van der Waals surface area (Å²) in [5, 5.41) is 13.2. The van der Waals surface area contributed by atoms with E-state index < -0.39 is 6.10 Å². The van der Waals surface area contributed by atoms with Crippen molar-refractivity contribution in [2.24, 2.45) is 5.92 Å². The molecule has 5 nitrogen and oxygen atoms in total. The fraction of sp³-hybridized carbons (Fsp3) is 0.650. The summed E-state index contributed by atoms with van der Waals surface area (Å²) in [5.41, 5.74) is 0.759. The van der Waals surface area contributed by atoms with E-state index in [0.717, 1.165) is 25.1 Å². The maximum absolute atomic E-state index is 12.5. The lowest BCUT2D eigenvalue weighted by molar-refractivity contribution is -0.125. The maximum atomic E-state index is 12.5. The van der Waals surface area contributed by atoms with Crippen LogP contribution in [0.2, 0.25) is 0 Å². The SMILES string of the molecule is COc1cccc([C@@H](O)CNC(=O)[C@H]2CCN(C3CCCCC3)C2)c1. The number of amides is 1. The average Bonchev–Trinajstić information content (AvgIpc) is 3.17. The van der Waals surface area contributed by atoms with Crippen LogP contribution in [0.5, 0.6) is 5.75 Å². The third kappa shape index (κ3) is 4.73. The molecule has 1 aromatic rings. The Kier molecular flexibility index (Phi) is 6.32. The number of nitrogens with one attached hydrogen (secondary N) is 1. The zero-order chi connectivity index (χ0) is 17.6. The monoisotopic (exact) mass is 346 g/mol. The molecule has 2 N–H and O–H groups in total. The van der Waals surface area contributed by atoms with Crippen LogP contribution < -0.4 is 10.1 Å². The lowest BCUT2D eigenvalue weighted by Crippen LogP contribution is -2.38. The summed E-state index contributed by atoms with van der Waals surface area (Å²) in [7, 11) is 1.60. The van der Waals surface area contributed by atoms with E-state index in [-0.39, 0.29) is 18.4 Å². The van der Waals surface area contributed by atoms with Gasteiger partial charge in [0.2, 0.25) is 5.91 Å². The first kappa shape index (κ1) is 18.2. The van der Waals surface area contributed by atoms with E-state index in [2.05, 4.69) is 10.2 Å². The van der Waals surface area contributed by atoms with Crippen LogP contribution in [0.25, 0.3) is 0 Å². The Bertz CT molecular complexity index is 572. The quantitative estimate of drug-likeness (QED) is 0.831. The molecule has 1 aliphatic carbocycles. The van der Waals surface area contributed by atoms with Gasteiger partial charge in [-0.15, -0.1) is 0 Å². The van der Waals surface area contributed by atoms with Crippen LogP contribution in [-0.4, -0.2) is 48.7 Å². The van der Waals surface area contributed by atoms with Crippen molar-refractivity contribution in [3.8, 4) is 5.75 Å². The first-order valence-electron chi connectivity index (χ1n) is 9.51. The number of nitrogens with zero attached hydrogens (tertiary/aromatic N) is 1. The van der Waals surface area contributed by atoms with Crippen molar-refractivity contribution in [1.29, 1.82) is 0 Å². The number of hydrogen-bond acceptors (Lipinski definition) is 4. The Labute approximate surface area is 150 Å². The predicted molar refractivity (Wildman–Crippen MR) is 97.5 cm³/mol. The number of carbonyl (C=O) groups is 1. The highest BCUT2D eigenvalue weighted by molar-refractivity contribution is 5.79. The molecule has 25 heavy (non-hydrogen) atoms. The summed E-state index contributed by atoms with van der Waals surface area (Å²) < 4.78 is 5.18. The highest BCUT2D eigenvalue weighted by Gasteiger charge is 2.32. The molecule has 3 rings (SSSR count). The van der Waals surface area contributed by atoms with Gasteiger partial charge in [-0.1, -0.05) is 31.4 Å². The molecule has 0 spiro atoms. The number of aliphatic hydroxyl groups excluding tert-OH is 1. The van der Waals surface area contributed by atoms with Crippen LogP contribution >= 0.6 is 0 Å². The topological polar surface area (TPSA) is 61.8 Å². The summed E-state index contributed by atoms with van der Waals surface area (Å²) in [6.45, 7) is 2.14. The molecule has 1 aromatic carbocycles. The third-order valence-corrected chi connectivity index (χ3v) is 5.63. The van der Waals surface area contributed by atoms with Crippen LogP contribution in [0.4, 0.5) is 0 Å². The Hall–Kier alpha value is -1.59. The van der Waals surface area contributed by atoms with Gasteiger partial charge in [0.1, 0.15) is 5.75 Å². The van der Waals surface area contributed by atoms with Crippen molar-refractivity contribution in [3.05, 3.63) is 29.8 Å². The molecular formula is C20H30N2O3. The first-order chi connectivity index (χ1) is 12.2. The van der Waals surface area contributed by atoms with Gasteiger partial charge >= 0.3 is 0 Å². The molecule has 0 unspecified atom stereocenters. The van der Waals surface area contributed by atoms with Crippen LogP contribution in [0, 0.1) is 5.92 Å². The van der Waals surface area contributed by atoms with Crippen LogP contribution in [-0.2, 0) is 4.79 Å². The number of aliphatic hydroxyl groups is 1. The molecule has 1 heterocycles. The van der Waals surface area contributed by atoms with Gasteiger partial charge in [0.25, 0.3) is 0 Å². The van der Waals surface area contributed by atoms with Crippen molar-refractivity contribution in [2.45, 2.75) is 50.7 Å². The average molecular weight is 346 g/mol. The summed E-state index contributed by atoms with van der Waals surface area (Å²) in [6, 6.07) is 8.01. The van der Waals surface area contributed by atoms with Crippen molar-refractivity contribution in [2.75, 3.05) is 26.7 Å². The van der Waals surface area contributed by atoms with Crippen molar-refractivity contribution >= 4 is 5.91 Å². The zero-order valence-electron chi connectivity index (χ0n) is 15.1. The molecule has 0 radical (unpaired) electrons. The van der Waals surface area contributed by atoms with Gasteiger partial charge in [-0.05, 0) is 43.5 Å². The predicted octanol–water partition coefficient (Wildman–Crippen LogP) is 2.50. The Morgan fingerprint density at radius 3 is 2.88 bits per heavy atom. The van der Waals surface area contributed by atoms with E-state index in [1.165, 1.54) is 32.1 Å². The first-order valence-corrected chi connectivity index (χ1v) is 9.51. The van der Waals surface area contributed by atoms with Gasteiger partial charge in [-0.3, -0.25) is 9.69 Å². The lowest BCUT2D eigenvalue weighted by atomic mass is 9.94. The highest BCUT2D eigenvalue weighted by Crippen LogP contribution is 2.28. The smallest absolute Gasteiger partial charge is 0.224 e. The minimum Gasteiger partial charge on any atom is -0.497 e. The zero-order valence-corrected chi connectivity index (χ0v) is 15.1. The van der Waals surface area contributed by atoms with E-state index in [1.54, 1.807) is 13.2 Å². The molecule has 138 valence electrons. The van der Waals surface area contributed by atoms with Crippen molar-refractivity contribution in [1.82, 2.24) is 10.2 Å². The minimum atomic E-state index is -0.713. The van der Waals surface area contributed by atoms with E-state index >= 15 is 0 Å².